The van der Waals surface area contributed by atoms with Crippen LogP contribution in [0.3, 0.4) is 0 Å². The number of aryl methyl sites for hydroxylation is 1. The maximum Gasteiger partial charge on any atom is 0.199 e. The van der Waals surface area contributed by atoms with Crippen molar-refractivity contribution in [2.75, 3.05) is 5.73 Å². The minimum atomic E-state index is 0.345. The zero-order valence-electron chi connectivity index (χ0n) is 7.20. The van der Waals surface area contributed by atoms with E-state index in [1.165, 1.54) is 0 Å². The minimum absolute atomic E-state index is 0.345. The molecule has 0 radical (unpaired) electrons. The molecule has 0 atom stereocenters. The Bertz CT molecular complexity index is 471. The largest absolute Gasteiger partial charge is 0.369 e. The van der Waals surface area contributed by atoms with E-state index in [0.29, 0.717) is 28.6 Å². The average molecular weight is 175 g/mol. The maximum absolute atomic E-state index is 5.50. The zero-order chi connectivity index (χ0) is 9.42. The molecule has 5 nitrogen and oxygen atoms in total. The predicted octanol–water partition coefficient (Wildman–Crippen LogP) is 0.887. The molecule has 2 heterocycles. The Morgan fingerprint density at radius 1 is 1.38 bits per heavy atom. The van der Waals surface area contributed by atoms with Crippen LogP contribution in [0.5, 0.6) is 0 Å². The summed E-state index contributed by atoms with van der Waals surface area (Å²) in [4.78, 5) is 15.2. The minimum Gasteiger partial charge on any atom is -0.369 e. The fraction of sp³-hybridized carbons (Fsp3) is 0.125. The van der Waals surface area contributed by atoms with Crippen molar-refractivity contribution in [1.29, 1.82) is 0 Å². The number of H-pyrrole nitrogens is 1. The fourth-order valence-electron chi connectivity index (χ4n) is 1.20. The summed E-state index contributed by atoms with van der Waals surface area (Å²) in [6.07, 6.45) is 1.64. The third-order valence-electron chi connectivity index (χ3n) is 1.69. The number of hydrogen-bond donors (Lipinski definition) is 2. The van der Waals surface area contributed by atoms with Gasteiger partial charge in [-0.2, -0.15) is 0 Å². The van der Waals surface area contributed by atoms with Crippen LogP contribution in [0.2, 0.25) is 0 Å². The van der Waals surface area contributed by atoms with Crippen molar-refractivity contribution in [3.8, 4) is 0 Å². The summed E-state index contributed by atoms with van der Waals surface area (Å²) >= 11 is 0. The number of anilines is 1. The van der Waals surface area contributed by atoms with Gasteiger partial charge in [-0.3, -0.25) is 0 Å². The normalized spacial score (nSPS) is 10.5. The van der Waals surface area contributed by atoms with Crippen molar-refractivity contribution < 1.29 is 0 Å². The summed E-state index contributed by atoms with van der Waals surface area (Å²) < 4.78 is 0. The van der Waals surface area contributed by atoms with E-state index in [-0.39, 0.29) is 0 Å². The van der Waals surface area contributed by atoms with Gasteiger partial charge in [0.2, 0.25) is 0 Å². The molecule has 66 valence electrons. The second-order valence-electron chi connectivity index (χ2n) is 2.68. The van der Waals surface area contributed by atoms with Crippen LogP contribution < -0.4 is 5.73 Å². The van der Waals surface area contributed by atoms with Crippen LogP contribution in [0.15, 0.2) is 6.58 Å². The summed E-state index contributed by atoms with van der Waals surface area (Å²) in [7, 11) is 0. The van der Waals surface area contributed by atoms with Gasteiger partial charge in [0, 0.05) is 0 Å². The lowest BCUT2D eigenvalue weighted by molar-refractivity contribution is 1.07. The number of rotatable bonds is 1. The number of nitrogens with two attached hydrogens (primary N) is 1. The van der Waals surface area contributed by atoms with Crippen molar-refractivity contribution in [3.63, 3.8) is 0 Å². The van der Waals surface area contributed by atoms with E-state index in [2.05, 4.69) is 26.5 Å². The molecular weight excluding hydrogens is 166 g/mol. The first-order valence-electron chi connectivity index (χ1n) is 3.83. The Kier molecular flexibility index (Phi) is 1.51. The van der Waals surface area contributed by atoms with Gasteiger partial charge < -0.3 is 10.7 Å². The first-order valence-corrected chi connectivity index (χ1v) is 3.83. The lowest BCUT2D eigenvalue weighted by Gasteiger charge is -1.95. The van der Waals surface area contributed by atoms with Crippen molar-refractivity contribution in [1.82, 2.24) is 19.9 Å². The molecule has 0 aromatic carbocycles. The van der Waals surface area contributed by atoms with Crippen LogP contribution in [-0.4, -0.2) is 19.9 Å². The molecule has 0 fully saturated rings. The lowest BCUT2D eigenvalue weighted by atomic mass is 10.3. The number of fused-ring (bicyclic) bond motifs is 1. The molecule has 0 aliphatic carbocycles. The summed E-state index contributed by atoms with van der Waals surface area (Å²) in [5, 5.41) is 0. The maximum atomic E-state index is 5.50. The number of hydrogen-bond acceptors (Lipinski definition) is 4. The third-order valence-corrected chi connectivity index (χ3v) is 1.69. The number of aromatic nitrogens is 4. The highest BCUT2D eigenvalue weighted by atomic mass is 15.1. The molecule has 0 unspecified atom stereocenters. The van der Waals surface area contributed by atoms with Crippen molar-refractivity contribution in [2.45, 2.75) is 6.92 Å². The van der Waals surface area contributed by atoms with E-state index < -0.39 is 0 Å². The summed E-state index contributed by atoms with van der Waals surface area (Å²) in [5.74, 6) is 1.02. The van der Waals surface area contributed by atoms with E-state index in [0.717, 1.165) is 0 Å². The SMILES string of the molecule is C=Cc1nc(C)nc2[nH]c(N)nc12. The number of nitrogen functional groups attached to an aromatic ring is 1. The molecule has 0 saturated heterocycles. The fourth-order valence-corrected chi connectivity index (χ4v) is 1.20. The molecule has 2 rings (SSSR count). The van der Waals surface area contributed by atoms with Crippen LogP contribution in [0.25, 0.3) is 17.2 Å². The highest BCUT2D eigenvalue weighted by Crippen LogP contribution is 2.14. The number of nitrogens with one attached hydrogen (secondary N) is 1. The Hall–Kier alpha value is -1.91. The quantitative estimate of drug-likeness (QED) is 0.674. The molecule has 3 N–H and O–H groups in total. The van der Waals surface area contributed by atoms with E-state index in [1.807, 2.05) is 6.92 Å². The average Bonchev–Trinajstić information content (AvgIpc) is 2.43. The van der Waals surface area contributed by atoms with Crippen LogP contribution >= 0.6 is 0 Å². The lowest BCUT2D eigenvalue weighted by Crippen LogP contribution is -1.92. The van der Waals surface area contributed by atoms with E-state index in [1.54, 1.807) is 6.08 Å². The van der Waals surface area contributed by atoms with Crippen LogP contribution in [-0.2, 0) is 0 Å². The van der Waals surface area contributed by atoms with Gasteiger partial charge in [-0.25, -0.2) is 15.0 Å². The number of aromatic amines is 1. The summed E-state index contributed by atoms with van der Waals surface area (Å²) in [5.41, 5.74) is 7.52. The van der Waals surface area contributed by atoms with Crippen LogP contribution in [0, 0.1) is 6.92 Å². The van der Waals surface area contributed by atoms with Crippen molar-refractivity contribution >= 4 is 23.2 Å². The molecule has 0 spiro atoms. The third kappa shape index (κ3) is 1.14. The molecule has 0 aliphatic heterocycles. The molecule has 2 aromatic rings. The second-order valence-corrected chi connectivity index (χ2v) is 2.68. The van der Waals surface area contributed by atoms with Gasteiger partial charge in [0.1, 0.15) is 11.3 Å². The molecule has 13 heavy (non-hydrogen) atoms. The Morgan fingerprint density at radius 2 is 2.15 bits per heavy atom. The summed E-state index contributed by atoms with van der Waals surface area (Å²) in [6.45, 7) is 5.46. The molecule has 0 bridgehead atoms. The van der Waals surface area contributed by atoms with Gasteiger partial charge >= 0.3 is 0 Å². The van der Waals surface area contributed by atoms with Gasteiger partial charge in [-0.15, -0.1) is 0 Å². The number of nitrogens with zero attached hydrogens (tertiary/aromatic N) is 3. The Morgan fingerprint density at radius 3 is 2.85 bits per heavy atom. The number of imidazole rings is 1. The van der Waals surface area contributed by atoms with Gasteiger partial charge in [-0.1, -0.05) is 6.58 Å². The Balaban J connectivity index is 2.88. The van der Waals surface area contributed by atoms with Gasteiger partial charge in [0.15, 0.2) is 11.6 Å². The molecule has 5 heteroatoms. The topological polar surface area (TPSA) is 80.5 Å². The van der Waals surface area contributed by atoms with E-state index in [4.69, 9.17) is 5.73 Å². The molecule has 0 saturated carbocycles. The van der Waals surface area contributed by atoms with Crippen LogP contribution in [0.4, 0.5) is 5.95 Å². The van der Waals surface area contributed by atoms with Crippen LogP contribution in [0.1, 0.15) is 11.5 Å². The van der Waals surface area contributed by atoms with E-state index >= 15 is 0 Å². The summed E-state index contributed by atoms with van der Waals surface area (Å²) in [6, 6.07) is 0. The molecule has 0 aliphatic rings. The molecule has 2 aromatic heterocycles. The first kappa shape index (κ1) is 7.72. The van der Waals surface area contributed by atoms with Gasteiger partial charge in [-0.05, 0) is 13.0 Å². The Labute approximate surface area is 74.7 Å². The highest BCUT2D eigenvalue weighted by Gasteiger charge is 2.06. The zero-order valence-corrected chi connectivity index (χ0v) is 7.20. The van der Waals surface area contributed by atoms with Gasteiger partial charge in [0.25, 0.3) is 0 Å². The smallest absolute Gasteiger partial charge is 0.199 e. The second kappa shape index (κ2) is 2.55. The molecular formula is C8H9N5. The standard InChI is InChI=1S/C8H9N5/c1-3-5-6-7(11-4(2)10-5)13-8(9)12-6/h3H,1H2,2H3,(H3,9,10,11,12,13). The van der Waals surface area contributed by atoms with Gasteiger partial charge in [0.05, 0.1) is 5.69 Å². The first-order chi connectivity index (χ1) is 6.20. The predicted molar refractivity (Wildman–Crippen MR) is 50.9 cm³/mol. The van der Waals surface area contributed by atoms with E-state index in [9.17, 15) is 0 Å². The highest BCUT2D eigenvalue weighted by molar-refractivity contribution is 5.81. The van der Waals surface area contributed by atoms with Crippen molar-refractivity contribution in [3.05, 3.63) is 18.1 Å². The van der Waals surface area contributed by atoms with Crippen molar-refractivity contribution in [2.24, 2.45) is 0 Å². The monoisotopic (exact) mass is 175 g/mol. The molecule has 0 amide bonds.